The van der Waals surface area contributed by atoms with E-state index in [0.29, 0.717) is 11.3 Å². The van der Waals surface area contributed by atoms with Crippen LogP contribution in [0, 0.1) is 6.92 Å². The van der Waals surface area contributed by atoms with Crippen LogP contribution in [0.25, 0.3) is 20.8 Å². The highest BCUT2D eigenvalue weighted by Crippen LogP contribution is 2.35. The second-order valence-corrected chi connectivity index (χ2v) is 6.44. The molecule has 0 unspecified atom stereocenters. The molecule has 0 aliphatic rings. The van der Waals surface area contributed by atoms with Gasteiger partial charge in [0.1, 0.15) is 5.01 Å². The Hall–Kier alpha value is -2.24. The van der Waals surface area contributed by atoms with Crippen LogP contribution in [-0.2, 0) is 0 Å². The molecule has 112 valence electrons. The van der Waals surface area contributed by atoms with Gasteiger partial charge in [-0.05, 0) is 43.7 Å². The average Bonchev–Trinajstić information content (AvgIpc) is 2.89. The van der Waals surface area contributed by atoms with Crippen LogP contribution in [0.5, 0.6) is 0 Å². The third-order valence-electron chi connectivity index (χ3n) is 3.56. The molecule has 2 aromatic carbocycles. The Bertz CT molecular complexity index is 867. The number of carbonyl (C=O) groups excluding carboxylic acids is 1. The third-order valence-corrected chi connectivity index (χ3v) is 4.63. The van der Waals surface area contributed by atoms with E-state index in [0.717, 1.165) is 20.8 Å². The molecule has 1 heterocycles. The minimum atomic E-state index is -0.574. The number of ketones is 1. The average molecular weight is 311 g/mol. The molecule has 0 saturated carbocycles. The molecular weight excluding hydrogens is 294 g/mol. The lowest BCUT2D eigenvalue weighted by molar-refractivity contribution is 0.0969. The molecule has 0 fully saturated rings. The second-order valence-electron chi connectivity index (χ2n) is 5.41. The Morgan fingerprint density at radius 3 is 2.77 bits per heavy atom. The van der Waals surface area contributed by atoms with Gasteiger partial charge in [0.05, 0.1) is 21.9 Å². The molecule has 0 saturated heterocycles. The molecule has 3 aromatic rings. The first-order valence-corrected chi connectivity index (χ1v) is 7.85. The predicted octanol–water partition coefficient (Wildman–Crippen LogP) is 3.38. The zero-order valence-corrected chi connectivity index (χ0v) is 13.3. The van der Waals surface area contributed by atoms with E-state index < -0.39 is 6.04 Å². The van der Waals surface area contributed by atoms with E-state index in [9.17, 15) is 4.79 Å². The molecule has 1 atom stereocenters. The summed E-state index contributed by atoms with van der Waals surface area (Å²) < 4.78 is 1.10. The number of rotatable bonds is 3. The van der Waals surface area contributed by atoms with Crippen molar-refractivity contribution in [3.63, 3.8) is 0 Å². The number of fused-ring (bicyclic) bond motifs is 1. The fourth-order valence-electron chi connectivity index (χ4n) is 2.36. The quantitative estimate of drug-likeness (QED) is 0.574. The fourth-order valence-corrected chi connectivity index (χ4v) is 3.35. The number of nitrogens with zero attached hydrogens (tertiary/aromatic N) is 1. The van der Waals surface area contributed by atoms with Crippen LogP contribution in [0.3, 0.4) is 0 Å². The zero-order chi connectivity index (χ0) is 15.9. The molecule has 0 aliphatic carbocycles. The molecule has 0 aliphatic heterocycles. The molecule has 5 heteroatoms. The topological polar surface area (TPSA) is 82.0 Å². The Morgan fingerprint density at radius 1 is 1.27 bits per heavy atom. The van der Waals surface area contributed by atoms with Gasteiger partial charge in [0.25, 0.3) is 0 Å². The minimum Gasteiger partial charge on any atom is -0.398 e. The van der Waals surface area contributed by atoms with E-state index in [1.54, 1.807) is 24.3 Å². The number of hydrogen-bond acceptors (Lipinski definition) is 5. The number of aryl methyl sites for hydroxylation is 1. The van der Waals surface area contributed by atoms with Crippen molar-refractivity contribution in [2.75, 3.05) is 5.73 Å². The van der Waals surface area contributed by atoms with Gasteiger partial charge in [-0.25, -0.2) is 4.98 Å². The van der Waals surface area contributed by atoms with Crippen LogP contribution >= 0.6 is 11.3 Å². The maximum absolute atomic E-state index is 12.1. The normalized spacial score (nSPS) is 12.5. The molecule has 4 N–H and O–H groups in total. The summed E-state index contributed by atoms with van der Waals surface area (Å²) in [6.07, 6.45) is 0. The van der Waals surface area contributed by atoms with Crippen molar-refractivity contribution in [3.8, 4) is 10.6 Å². The van der Waals surface area contributed by atoms with Crippen LogP contribution in [0.1, 0.15) is 22.8 Å². The molecule has 0 spiro atoms. The summed E-state index contributed by atoms with van der Waals surface area (Å²) in [6.45, 7) is 3.70. The van der Waals surface area contributed by atoms with Crippen molar-refractivity contribution >= 4 is 33.0 Å². The van der Waals surface area contributed by atoms with Crippen molar-refractivity contribution < 1.29 is 4.79 Å². The monoisotopic (exact) mass is 311 g/mol. The lowest BCUT2D eigenvalue weighted by Crippen LogP contribution is -2.27. The first kappa shape index (κ1) is 14.7. The highest BCUT2D eigenvalue weighted by Gasteiger charge is 2.18. The summed E-state index contributed by atoms with van der Waals surface area (Å²) in [6, 6.07) is 11.0. The van der Waals surface area contributed by atoms with Gasteiger partial charge in [-0.15, -0.1) is 11.3 Å². The standard InChI is InChI=1S/C17H17N3OS/c1-9-6-7-14-13(8-9)20-17(22-14)12-5-3-4-11(15(12)19)16(21)10(2)18/h3-8,10H,18-19H2,1-2H3/t10-/m0/s1. The SMILES string of the molecule is Cc1ccc2sc(-c3cccc(C(=O)[C@H](C)N)c3N)nc2c1. The number of Topliss-reactive ketones (excluding diaryl/α,β-unsaturated/α-hetero) is 1. The van der Waals surface area contributed by atoms with Gasteiger partial charge in [-0.1, -0.05) is 12.1 Å². The van der Waals surface area contributed by atoms with Crippen molar-refractivity contribution in [1.82, 2.24) is 4.98 Å². The van der Waals surface area contributed by atoms with E-state index >= 15 is 0 Å². The summed E-state index contributed by atoms with van der Waals surface area (Å²) in [7, 11) is 0. The number of thiazole rings is 1. The molecular formula is C17H17N3OS. The number of benzene rings is 2. The maximum Gasteiger partial charge on any atom is 0.181 e. The van der Waals surface area contributed by atoms with Gasteiger partial charge in [0.2, 0.25) is 0 Å². The number of anilines is 1. The summed E-state index contributed by atoms with van der Waals surface area (Å²) in [5.41, 5.74) is 15.7. The first-order valence-electron chi connectivity index (χ1n) is 7.03. The van der Waals surface area contributed by atoms with Gasteiger partial charge in [-0.2, -0.15) is 0 Å². The lowest BCUT2D eigenvalue weighted by Gasteiger charge is -2.10. The van der Waals surface area contributed by atoms with Crippen LogP contribution in [0.2, 0.25) is 0 Å². The molecule has 4 nitrogen and oxygen atoms in total. The molecule has 3 rings (SSSR count). The summed E-state index contributed by atoms with van der Waals surface area (Å²) in [5.74, 6) is -0.156. The van der Waals surface area contributed by atoms with E-state index in [1.165, 1.54) is 5.56 Å². The van der Waals surface area contributed by atoms with Crippen LogP contribution in [-0.4, -0.2) is 16.8 Å². The molecule has 0 amide bonds. The molecule has 0 bridgehead atoms. The predicted molar refractivity (Wildman–Crippen MR) is 92.2 cm³/mol. The number of para-hydroxylation sites is 1. The molecule has 1 aromatic heterocycles. The fraction of sp³-hybridized carbons (Fsp3) is 0.176. The lowest BCUT2D eigenvalue weighted by atomic mass is 10.0. The van der Waals surface area contributed by atoms with Crippen LogP contribution in [0.4, 0.5) is 5.69 Å². The van der Waals surface area contributed by atoms with Crippen LogP contribution < -0.4 is 11.5 Å². The smallest absolute Gasteiger partial charge is 0.181 e. The van der Waals surface area contributed by atoms with Gasteiger partial charge in [0, 0.05) is 11.1 Å². The summed E-state index contributed by atoms with van der Waals surface area (Å²) in [4.78, 5) is 16.8. The van der Waals surface area contributed by atoms with Crippen LogP contribution in [0.15, 0.2) is 36.4 Å². The van der Waals surface area contributed by atoms with E-state index in [4.69, 9.17) is 11.5 Å². The number of nitrogens with two attached hydrogens (primary N) is 2. The highest BCUT2D eigenvalue weighted by atomic mass is 32.1. The molecule has 22 heavy (non-hydrogen) atoms. The van der Waals surface area contributed by atoms with E-state index in [2.05, 4.69) is 17.1 Å². The Labute approximate surface area is 132 Å². The number of nitrogen functional groups attached to an aromatic ring is 1. The zero-order valence-electron chi connectivity index (χ0n) is 12.5. The number of hydrogen-bond donors (Lipinski definition) is 2. The second kappa shape index (κ2) is 5.51. The Morgan fingerprint density at radius 2 is 2.05 bits per heavy atom. The number of carbonyl (C=O) groups is 1. The number of aromatic nitrogens is 1. The van der Waals surface area contributed by atoms with Gasteiger partial charge in [-0.3, -0.25) is 4.79 Å². The maximum atomic E-state index is 12.1. The van der Waals surface area contributed by atoms with Gasteiger partial charge in [0.15, 0.2) is 5.78 Å². The van der Waals surface area contributed by atoms with E-state index in [1.807, 2.05) is 25.1 Å². The van der Waals surface area contributed by atoms with Crippen molar-refractivity contribution in [3.05, 3.63) is 47.5 Å². The first-order chi connectivity index (χ1) is 10.5. The van der Waals surface area contributed by atoms with Gasteiger partial charge < -0.3 is 11.5 Å². The van der Waals surface area contributed by atoms with Crippen molar-refractivity contribution in [2.45, 2.75) is 19.9 Å². The van der Waals surface area contributed by atoms with E-state index in [-0.39, 0.29) is 5.78 Å². The third kappa shape index (κ3) is 2.49. The highest BCUT2D eigenvalue weighted by molar-refractivity contribution is 7.21. The summed E-state index contributed by atoms with van der Waals surface area (Å²) >= 11 is 1.57. The van der Waals surface area contributed by atoms with Crippen molar-refractivity contribution in [2.24, 2.45) is 5.73 Å². The van der Waals surface area contributed by atoms with Crippen molar-refractivity contribution in [1.29, 1.82) is 0 Å². The Kier molecular flexibility index (Phi) is 3.68. The summed E-state index contributed by atoms with van der Waals surface area (Å²) in [5, 5.41) is 0.817. The van der Waals surface area contributed by atoms with Gasteiger partial charge >= 0.3 is 0 Å². The molecule has 0 radical (unpaired) electrons. The largest absolute Gasteiger partial charge is 0.398 e. The Balaban J connectivity index is 2.14. The minimum absolute atomic E-state index is 0.156.